The van der Waals surface area contributed by atoms with E-state index in [9.17, 15) is 9.90 Å². The van der Waals surface area contributed by atoms with E-state index in [2.05, 4.69) is 23.4 Å². The number of thiophene rings is 1. The van der Waals surface area contributed by atoms with Crippen LogP contribution >= 0.6 is 11.3 Å². The van der Waals surface area contributed by atoms with E-state index in [1.807, 2.05) is 0 Å². The predicted molar refractivity (Wildman–Crippen MR) is 126 cm³/mol. The first-order chi connectivity index (χ1) is 15.0. The van der Waals surface area contributed by atoms with Crippen LogP contribution in [0.15, 0.2) is 17.4 Å². The molecule has 2 aromatic heterocycles. The Morgan fingerprint density at radius 1 is 1.35 bits per heavy atom. The molecule has 2 aromatic rings. The number of nitrogens with zero attached hydrogens (tertiary/aromatic N) is 2. The normalized spacial score (nSPS) is 20.8. The topological polar surface area (TPSA) is 78.5 Å². The lowest BCUT2D eigenvalue weighted by Gasteiger charge is -2.35. The Morgan fingerprint density at radius 3 is 2.94 bits per heavy atom. The summed E-state index contributed by atoms with van der Waals surface area (Å²) in [6.45, 7) is 7.72. The van der Waals surface area contributed by atoms with Crippen molar-refractivity contribution in [3.8, 4) is 0 Å². The van der Waals surface area contributed by atoms with Crippen molar-refractivity contribution in [3.05, 3.63) is 39.3 Å². The lowest BCUT2D eigenvalue weighted by atomic mass is 9.89. The first-order valence-electron chi connectivity index (χ1n) is 11.7. The SMILES string of the molecule is C=CCOC[C@@H](O)CN(Cc1nc2sc3c(c2c(=O)[nH]1)CC[C@@H](C)C3)C1CCCCC1. The molecule has 2 N–H and O–H groups in total. The van der Waals surface area contributed by atoms with Crippen LogP contribution in [0, 0.1) is 5.92 Å². The Hall–Kier alpha value is -1.54. The van der Waals surface area contributed by atoms with Gasteiger partial charge in [0.05, 0.1) is 31.2 Å². The third-order valence-corrected chi connectivity index (χ3v) is 7.80. The van der Waals surface area contributed by atoms with Gasteiger partial charge in [-0.2, -0.15) is 0 Å². The molecule has 2 atom stereocenters. The number of aliphatic hydroxyl groups excluding tert-OH is 1. The second-order valence-electron chi connectivity index (χ2n) is 9.25. The monoisotopic (exact) mass is 445 g/mol. The number of ether oxygens (including phenoxy) is 1. The highest BCUT2D eigenvalue weighted by Crippen LogP contribution is 2.35. The van der Waals surface area contributed by atoms with Crippen molar-refractivity contribution in [1.82, 2.24) is 14.9 Å². The zero-order valence-electron chi connectivity index (χ0n) is 18.6. The van der Waals surface area contributed by atoms with Crippen LogP contribution in [0.5, 0.6) is 0 Å². The Balaban J connectivity index is 1.55. The van der Waals surface area contributed by atoms with Crippen molar-refractivity contribution in [2.24, 2.45) is 5.92 Å². The minimum atomic E-state index is -0.576. The zero-order chi connectivity index (χ0) is 21.8. The van der Waals surface area contributed by atoms with Crippen LogP contribution in [-0.2, 0) is 24.1 Å². The van der Waals surface area contributed by atoms with Gasteiger partial charge in [-0.05, 0) is 43.6 Å². The van der Waals surface area contributed by atoms with Gasteiger partial charge in [0.2, 0.25) is 0 Å². The number of aromatic nitrogens is 2. The van der Waals surface area contributed by atoms with Crippen LogP contribution in [0.2, 0.25) is 0 Å². The number of H-pyrrole nitrogens is 1. The molecule has 2 aliphatic carbocycles. The number of hydrogen-bond donors (Lipinski definition) is 2. The fraction of sp³-hybridized carbons (Fsp3) is 0.667. The molecule has 31 heavy (non-hydrogen) atoms. The molecule has 0 radical (unpaired) electrons. The standard InChI is InChI=1S/C24H35N3O3S/c1-3-11-30-15-18(28)13-27(17-7-5-4-6-8-17)14-21-25-23(29)22-19-10-9-16(2)12-20(19)31-24(22)26-21/h3,16-18,28H,1,4-15H2,2H3,(H,25,26,29)/t16-,18+/m1/s1. The largest absolute Gasteiger partial charge is 0.389 e. The molecule has 2 aliphatic rings. The maximum Gasteiger partial charge on any atom is 0.259 e. The van der Waals surface area contributed by atoms with Gasteiger partial charge in [0.25, 0.3) is 5.56 Å². The van der Waals surface area contributed by atoms with Gasteiger partial charge in [-0.3, -0.25) is 9.69 Å². The molecular weight excluding hydrogens is 410 g/mol. The van der Waals surface area contributed by atoms with E-state index in [-0.39, 0.29) is 12.2 Å². The molecule has 170 valence electrons. The van der Waals surface area contributed by atoms with Crippen molar-refractivity contribution >= 4 is 21.6 Å². The Kier molecular flexibility index (Phi) is 7.59. The molecule has 0 aromatic carbocycles. The maximum atomic E-state index is 13.0. The summed E-state index contributed by atoms with van der Waals surface area (Å²) in [6.07, 6.45) is 10.2. The van der Waals surface area contributed by atoms with Gasteiger partial charge >= 0.3 is 0 Å². The van der Waals surface area contributed by atoms with Gasteiger partial charge in [0.15, 0.2) is 0 Å². The molecule has 6 nitrogen and oxygen atoms in total. The van der Waals surface area contributed by atoms with Crippen LogP contribution in [-0.4, -0.2) is 51.9 Å². The van der Waals surface area contributed by atoms with E-state index in [1.54, 1.807) is 17.4 Å². The van der Waals surface area contributed by atoms with E-state index in [0.717, 1.165) is 42.3 Å². The van der Waals surface area contributed by atoms with Crippen LogP contribution in [0.25, 0.3) is 10.2 Å². The van der Waals surface area contributed by atoms with Gasteiger partial charge < -0.3 is 14.8 Å². The van der Waals surface area contributed by atoms with E-state index >= 15 is 0 Å². The number of fused-ring (bicyclic) bond motifs is 3. The molecule has 0 saturated heterocycles. The van der Waals surface area contributed by atoms with Crippen LogP contribution in [0.3, 0.4) is 0 Å². The summed E-state index contributed by atoms with van der Waals surface area (Å²) in [4.78, 5) is 25.4. The van der Waals surface area contributed by atoms with Crippen LogP contribution in [0.4, 0.5) is 0 Å². The third kappa shape index (κ3) is 5.45. The van der Waals surface area contributed by atoms with Gasteiger partial charge in [0, 0.05) is 17.5 Å². The fourth-order valence-corrected chi connectivity index (χ4v) is 6.46. The maximum absolute atomic E-state index is 13.0. The average molecular weight is 446 g/mol. The Labute approximate surface area is 188 Å². The van der Waals surface area contributed by atoms with E-state index < -0.39 is 6.10 Å². The Bertz CT molecular complexity index is 947. The van der Waals surface area contributed by atoms with Crippen molar-refractivity contribution in [1.29, 1.82) is 0 Å². The highest BCUT2D eigenvalue weighted by atomic mass is 32.1. The lowest BCUT2D eigenvalue weighted by molar-refractivity contribution is 0.00880. The van der Waals surface area contributed by atoms with Gasteiger partial charge in [-0.1, -0.05) is 32.3 Å². The summed E-state index contributed by atoms with van der Waals surface area (Å²) in [5, 5.41) is 11.3. The summed E-state index contributed by atoms with van der Waals surface area (Å²) in [6, 6.07) is 0.404. The molecule has 0 spiro atoms. The van der Waals surface area contributed by atoms with Crippen molar-refractivity contribution < 1.29 is 9.84 Å². The summed E-state index contributed by atoms with van der Waals surface area (Å²) in [7, 11) is 0. The van der Waals surface area contributed by atoms with Crippen LogP contribution in [0.1, 0.15) is 61.7 Å². The van der Waals surface area contributed by atoms with Crippen molar-refractivity contribution in [3.63, 3.8) is 0 Å². The Morgan fingerprint density at radius 2 is 2.16 bits per heavy atom. The molecule has 0 bridgehead atoms. The van der Waals surface area contributed by atoms with E-state index in [0.29, 0.717) is 37.5 Å². The van der Waals surface area contributed by atoms with Crippen molar-refractivity contribution in [2.45, 2.75) is 77.0 Å². The number of aliphatic hydroxyl groups is 1. The highest BCUT2D eigenvalue weighted by Gasteiger charge is 2.26. The quantitative estimate of drug-likeness (QED) is 0.453. The lowest BCUT2D eigenvalue weighted by Crippen LogP contribution is -2.43. The number of rotatable bonds is 9. The highest BCUT2D eigenvalue weighted by molar-refractivity contribution is 7.18. The zero-order valence-corrected chi connectivity index (χ0v) is 19.4. The molecule has 4 rings (SSSR count). The molecule has 0 amide bonds. The van der Waals surface area contributed by atoms with E-state index in [1.165, 1.54) is 29.7 Å². The minimum absolute atomic E-state index is 0.00879. The van der Waals surface area contributed by atoms with Crippen molar-refractivity contribution in [2.75, 3.05) is 19.8 Å². The summed E-state index contributed by atoms with van der Waals surface area (Å²) < 4.78 is 5.45. The number of aromatic amines is 1. The second kappa shape index (κ2) is 10.4. The molecule has 7 heteroatoms. The average Bonchev–Trinajstić information content (AvgIpc) is 3.12. The third-order valence-electron chi connectivity index (χ3n) is 6.65. The summed E-state index contributed by atoms with van der Waals surface area (Å²) in [5.74, 6) is 1.37. The number of nitrogens with one attached hydrogen (secondary N) is 1. The fourth-order valence-electron chi connectivity index (χ4n) is 5.06. The van der Waals surface area contributed by atoms with Gasteiger partial charge in [-0.15, -0.1) is 17.9 Å². The smallest absolute Gasteiger partial charge is 0.259 e. The molecular formula is C24H35N3O3S. The van der Waals surface area contributed by atoms with E-state index in [4.69, 9.17) is 9.72 Å². The summed E-state index contributed by atoms with van der Waals surface area (Å²) in [5.41, 5.74) is 1.21. The first kappa shape index (κ1) is 22.6. The second-order valence-corrected chi connectivity index (χ2v) is 10.3. The molecule has 0 unspecified atom stereocenters. The predicted octanol–water partition coefficient (Wildman–Crippen LogP) is 3.81. The van der Waals surface area contributed by atoms with Gasteiger partial charge in [0.1, 0.15) is 10.7 Å². The number of hydrogen-bond acceptors (Lipinski definition) is 6. The minimum Gasteiger partial charge on any atom is -0.389 e. The molecule has 1 fully saturated rings. The van der Waals surface area contributed by atoms with Gasteiger partial charge in [-0.25, -0.2) is 4.98 Å². The molecule has 2 heterocycles. The van der Waals surface area contributed by atoms with Crippen LogP contribution < -0.4 is 5.56 Å². The number of aryl methyl sites for hydroxylation is 1. The molecule has 1 saturated carbocycles. The molecule has 0 aliphatic heterocycles. The summed E-state index contributed by atoms with van der Waals surface area (Å²) >= 11 is 1.69. The first-order valence-corrected chi connectivity index (χ1v) is 12.5.